The van der Waals surface area contributed by atoms with Crippen molar-refractivity contribution in [3.8, 4) is 5.75 Å². The number of nitrogens with two attached hydrogens (primary N) is 1. The summed E-state index contributed by atoms with van der Waals surface area (Å²) in [5.74, 6) is -3.28. The van der Waals surface area contributed by atoms with Crippen LogP contribution in [0, 0.1) is 23.3 Å². The maximum absolute atomic E-state index is 13.5. The fourth-order valence-electron chi connectivity index (χ4n) is 1.66. The lowest BCUT2D eigenvalue weighted by atomic mass is 10.1. The van der Waals surface area contributed by atoms with Crippen molar-refractivity contribution in [2.75, 3.05) is 6.61 Å². The van der Waals surface area contributed by atoms with Gasteiger partial charge < -0.3 is 10.5 Å². The minimum atomic E-state index is -0.932. The van der Waals surface area contributed by atoms with Gasteiger partial charge in [-0.1, -0.05) is 6.07 Å². The van der Waals surface area contributed by atoms with Crippen LogP contribution < -0.4 is 10.5 Å². The van der Waals surface area contributed by atoms with Gasteiger partial charge >= 0.3 is 0 Å². The average Bonchev–Trinajstić information content (AvgIpc) is 2.39. The Hall–Kier alpha value is -2.08. The second kappa shape index (κ2) is 5.92. The van der Waals surface area contributed by atoms with Crippen molar-refractivity contribution in [3.63, 3.8) is 0 Å². The van der Waals surface area contributed by atoms with Crippen molar-refractivity contribution >= 4 is 0 Å². The first kappa shape index (κ1) is 14.3. The van der Waals surface area contributed by atoms with Gasteiger partial charge in [-0.25, -0.2) is 17.6 Å². The molecule has 2 nitrogen and oxygen atoms in total. The zero-order chi connectivity index (χ0) is 14.7. The molecular formula is C14H11F4NO. The highest BCUT2D eigenvalue weighted by molar-refractivity contribution is 5.26. The highest BCUT2D eigenvalue weighted by Crippen LogP contribution is 2.21. The van der Waals surface area contributed by atoms with Crippen LogP contribution in [-0.4, -0.2) is 6.61 Å². The molecule has 0 fully saturated rings. The summed E-state index contributed by atoms with van der Waals surface area (Å²) < 4.78 is 57.5. The monoisotopic (exact) mass is 285 g/mol. The van der Waals surface area contributed by atoms with E-state index in [0.29, 0.717) is 6.07 Å². The topological polar surface area (TPSA) is 35.2 Å². The van der Waals surface area contributed by atoms with E-state index in [1.165, 1.54) is 6.07 Å². The molecule has 0 saturated heterocycles. The van der Waals surface area contributed by atoms with Gasteiger partial charge in [0.2, 0.25) is 0 Å². The minimum absolute atomic E-state index is 0.0308. The number of hydrogen-bond acceptors (Lipinski definition) is 2. The standard InChI is InChI=1S/C14H11F4NO/c15-8-1-3-10(12(18)5-8)13(19)7-20-14-6-9(16)2-4-11(14)17/h1-6,13H,7,19H2. The molecule has 2 aromatic rings. The third kappa shape index (κ3) is 3.27. The molecule has 0 radical (unpaired) electrons. The van der Waals surface area contributed by atoms with E-state index in [4.69, 9.17) is 10.5 Å². The third-order valence-electron chi connectivity index (χ3n) is 2.67. The molecule has 0 heterocycles. The molecule has 0 aliphatic rings. The van der Waals surface area contributed by atoms with Crippen molar-refractivity contribution in [1.82, 2.24) is 0 Å². The molecule has 0 aromatic heterocycles. The second-order valence-corrected chi connectivity index (χ2v) is 4.16. The molecule has 1 unspecified atom stereocenters. The molecule has 0 bridgehead atoms. The Morgan fingerprint density at radius 3 is 2.25 bits per heavy atom. The highest BCUT2D eigenvalue weighted by Gasteiger charge is 2.14. The van der Waals surface area contributed by atoms with Crippen LogP contribution in [0.4, 0.5) is 17.6 Å². The maximum Gasteiger partial charge on any atom is 0.165 e. The molecular weight excluding hydrogens is 274 g/mol. The second-order valence-electron chi connectivity index (χ2n) is 4.16. The summed E-state index contributed by atoms with van der Waals surface area (Å²) in [5, 5.41) is 0. The molecule has 0 saturated carbocycles. The zero-order valence-electron chi connectivity index (χ0n) is 10.2. The van der Waals surface area contributed by atoms with Gasteiger partial charge in [-0.05, 0) is 18.2 Å². The highest BCUT2D eigenvalue weighted by atomic mass is 19.1. The summed E-state index contributed by atoms with van der Waals surface area (Å²) in [5.41, 5.74) is 5.71. The normalized spacial score (nSPS) is 12.2. The maximum atomic E-state index is 13.5. The van der Waals surface area contributed by atoms with Crippen LogP contribution in [0.3, 0.4) is 0 Å². The smallest absolute Gasteiger partial charge is 0.165 e. The quantitative estimate of drug-likeness (QED) is 0.875. The summed E-state index contributed by atoms with van der Waals surface area (Å²) in [6.07, 6.45) is 0. The Balaban J connectivity index is 2.08. The molecule has 2 N–H and O–H groups in total. The Morgan fingerprint density at radius 1 is 0.900 bits per heavy atom. The third-order valence-corrected chi connectivity index (χ3v) is 2.67. The van der Waals surface area contributed by atoms with E-state index in [-0.39, 0.29) is 17.9 Å². The molecule has 20 heavy (non-hydrogen) atoms. The number of rotatable bonds is 4. The van der Waals surface area contributed by atoms with Crippen molar-refractivity contribution < 1.29 is 22.3 Å². The number of halogens is 4. The fraction of sp³-hybridized carbons (Fsp3) is 0.143. The van der Waals surface area contributed by atoms with E-state index in [1.54, 1.807) is 0 Å². The van der Waals surface area contributed by atoms with E-state index in [0.717, 1.165) is 24.3 Å². The first-order valence-corrected chi connectivity index (χ1v) is 5.76. The predicted octanol–water partition coefficient (Wildman–Crippen LogP) is 3.32. The molecule has 1 atom stereocenters. The molecule has 6 heteroatoms. The van der Waals surface area contributed by atoms with E-state index in [1.807, 2.05) is 0 Å². The fourth-order valence-corrected chi connectivity index (χ4v) is 1.66. The number of ether oxygens (including phenoxy) is 1. The van der Waals surface area contributed by atoms with Crippen LogP contribution in [0.1, 0.15) is 11.6 Å². The summed E-state index contributed by atoms with van der Waals surface area (Å²) in [7, 11) is 0. The van der Waals surface area contributed by atoms with Gasteiger partial charge in [0, 0.05) is 17.7 Å². The molecule has 2 aromatic carbocycles. The van der Waals surface area contributed by atoms with Crippen molar-refractivity contribution in [2.24, 2.45) is 5.73 Å². The lowest BCUT2D eigenvalue weighted by Gasteiger charge is -2.14. The Morgan fingerprint density at radius 2 is 1.55 bits per heavy atom. The Kier molecular flexibility index (Phi) is 4.24. The summed E-state index contributed by atoms with van der Waals surface area (Å²) >= 11 is 0. The van der Waals surface area contributed by atoms with Crippen molar-refractivity contribution in [2.45, 2.75) is 6.04 Å². The van der Waals surface area contributed by atoms with E-state index in [2.05, 4.69) is 0 Å². The van der Waals surface area contributed by atoms with Crippen LogP contribution in [-0.2, 0) is 0 Å². The van der Waals surface area contributed by atoms with Gasteiger partial charge in [-0.15, -0.1) is 0 Å². The SMILES string of the molecule is NC(COc1cc(F)ccc1F)c1ccc(F)cc1F. The Labute approximate surface area is 112 Å². The largest absolute Gasteiger partial charge is 0.488 e. The number of benzene rings is 2. The first-order valence-electron chi connectivity index (χ1n) is 5.76. The zero-order valence-corrected chi connectivity index (χ0v) is 10.2. The first-order chi connectivity index (χ1) is 9.47. The molecule has 2 rings (SSSR count). The van der Waals surface area contributed by atoms with Crippen LogP contribution in [0.25, 0.3) is 0 Å². The van der Waals surface area contributed by atoms with E-state index in [9.17, 15) is 17.6 Å². The van der Waals surface area contributed by atoms with Gasteiger partial charge in [0.25, 0.3) is 0 Å². The predicted molar refractivity (Wildman–Crippen MR) is 65.1 cm³/mol. The van der Waals surface area contributed by atoms with Gasteiger partial charge in [-0.2, -0.15) is 0 Å². The van der Waals surface area contributed by atoms with Gasteiger partial charge in [0.15, 0.2) is 11.6 Å². The molecule has 0 amide bonds. The summed E-state index contributed by atoms with van der Waals surface area (Å²) in [4.78, 5) is 0. The van der Waals surface area contributed by atoms with Crippen LogP contribution in [0.5, 0.6) is 5.75 Å². The average molecular weight is 285 g/mol. The van der Waals surface area contributed by atoms with Crippen molar-refractivity contribution in [3.05, 3.63) is 65.2 Å². The van der Waals surface area contributed by atoms with E-state index >= 15 is 0 Å². The lowest BCUT2D eigenvalue weighted by Crippen LogP contribution is -2.20. The number of hydrogen-bond donors (Lipinski definition) is 1. The molecule has 0 aliphatic heterocycles. The van der Waals surface area contributed by atoms with Crippen LogP contribution in [0.15, 0.2) is 36.4 Å². The summed E-state index contributed by atoms with van der Waals surface area (Å²) in [6.45, 7) is -0.275. The summed E-state index contributed by atoms with van der Waals surface area (Å²) in [6, 6.07) is 4.72. The molecule has 0 aliphatic carbocycles. The lowest BCUT2D eigenvalue weighted by molar-refractivity contribution is 0.273. The minimum Gasteiger partial charge on any atom is -0.488 e. The van der Waals surface area contributed by atoms with Crippen LogP contribution in [0.2, 0.25) is 0 Å². The van der Waals surface area contributed by atoms with Gasteiger partial charge in [0.1, 0.15) is 24.1 Å². The van der Waals surface area contributed by atoms with E-state index < -0.39 is 29.3 Å². The van der Waals surface area contributed by atoms with Gasteiger partial charge in [0.05, 0.1) is 6.04 Å². The Bertz CT molecular complexity index is 618. The van der Waals surface area contributed by atoms with Gasteiger partial charge in [-0.3, -0.25) is 0 Å². The molecule has 0 spiro atoms. The van der Waals surface area contributed by atoms with Crippen LogP contribution >= 0.6 is 0 Å². The molecule has 106 valence electrons. The van der Waals surface area contributed by atoms with Crippen molar-refractivity contribution in [1.29, 1.82) is 0 Å².